The lowest BCUT2D eigenvalue weighted by Crippen LogP contribution is -2.34. The van der Waals surface area contributed by atoms with Gasteiger partial charge in [0.25, 0.3) is 0 Å². The van der Waals surface area contributed by atoms with Gasteiger partial charge in [0.05, 0.1) is 11.1 Å². The lowest BCUT2D eigenvalue weighted by Gasteiger charge is -2.23. The maximum atomic E-state index is 5.95. The molecule has 1 aromatic heterocycles. The van der Waals surface area contributed by atoms with Crippen molar-refractivity contribution in [2.24, 2.45) is 0 Å². The highest BCUT2D eigenvalue weighted by Gasteiger charge is 2.25. The summed E-state index contributed by atoms with van der Waals surface area (Å²) in [5.41, 5.74) is 4.30. The van der Waals surface area contributed by atoms with Gasteiger partial charge in [-0.05, 0) is 31.5 Å². The Balaban J connectivity index is 2.25. The molecule has 0 radical (unpaired) electrons. The molecule has 0 aromatic carbocycles. The van der Waals surface area contributed by atoms with Crippen molar-refractivity contribution < 1.29 is 0 Å². The van der Waals surface area contributed by atoms with E-state index in [4.69, 9.17) is 23.2 Å². The number of hydrogen-bond acceptors (Lipinski definition) is 3. The number of pyridine rings is 1. The van der Waals surface area contributed by atoms with Crippen LogP contribution in [0.3, 0.4) is 0 Å². The number of nitrogens with zero attached hydrogens (tertiary/aromatic N) is 2. The van der Waals surface area contributed by atoms with Crippen molar-refractivity contribution in [1.82, 2.24) is 15.4 Å². The summed E-state index contributed by atoms with van der Waals surface area (Å²) in [5, 5.41) is 3.09. The zero-order valence-corrected chi connectivity index (χ0v) is 10.0. The summed E-state index contributed by atoms with van der Waals surface area (Å²) >= 11 is 11.7. The van der Waals surface area contributed by atoms with E-state index in [9.17, 15) is 0 Å². The van der Waals surface area contributed by atoms with E-state index < -0.39 is 0 Å². The number of nitrogens with one attached hydrogen (secondary N) is 1. The third kappa shape index (κ3) is 2.26. The van der Waals surface area contributed by atoms with Gasteiger partial charge in [0, 0.05) is 12.7 Å². The monoisotopic (exact) mass is 245 g/mol. The molecule has 1 aromatic rings. The zero-order valence-electron chi connectivity index (χ0n) is 8.50. The second kappa shape index (κ2) is 4.66. The average Bonchev–Trinajstić information content (AvgIpc) is 2.70. The first-order valence-corrected chi connectivity index (χ1v) is 5.73. The van der Waals surface area contributed by atoms with Crippen LogP contribution in [0.15, 0.2) is 12.3 Å². The molecule has 1 atom stereocenters. The minimum Gasteiger partial charge on any atom is -0.258 e. The molecule has 1 fully saturated rings. The highest BCUT2D eigenvalue weighted by Crippen LogP contribution is 2.32. The fourth-order valence-electron chi connectivity index (χ4n) is 2.00. The SMILES string of the molecule is CNN1CCC[C@H]1c1cnc(Cl)c(Cl)c1. The second-order valence-corrected chi connectivity index (χ2v) is 4.38. The Labute approximate surface area is 99.4 Å². The third-order valence-corrected chi connectivity index (χ3v) is 3.43. The van der Waals surface area contributed by atoms with Gasteiger partial charge in [-0.25, -0.2) is 9.99 Å². The Morgan fingerprint density at radius 1 is 1.53 bits per heavy atom. The van der Waals surface area contributed by atoms with Gasteiger partial charge in [-0.3, -0.25) is 5.43 Å². The molecule has 5 heteroatoms. The van der Waals surface area contributed by atoms with Crippen LogP contribution in [0.4, 0.5) is 0 Å². The van der Waals surface area contributed by atoms with Gasteiger partial charge in [0.15, 0.2) is 0 Å². The molecule has 0 aliphatic carbocycles. The Bertz CT molecular complexity index is 357. The maximum Gasteiger partial charge on any atom is 0.147 e. The molecule has 0 spiro atoms. The molecule has 2 rings (SSSR count). The van der Waals surface area contributed by atoms with Crippen LogP contribution in [0.2, 0.25) is 10.2 Å². The van der Waals surface area contributed by atoms with Crippen molar-refractivity contribution in [2.75, 3.05) is 13.6 Å². The van der Waals surface area contributed by atoms with Gasteiger partial charge in [-0.1, -0.05) is 23.2 Å². The van der Waals surface area contributed by atoms with Crippen molar-refractivity contribution >= 4 is 23.2 Å². The van der Waals surface area contributed by atoms with Crippen LogP contribution in [0.25, 0.3) is 0 Å². The predicted octanol–water partition coefficient (Wildman–Crippen LogP) is 2.66. The van der Waals surface area contributed by atoms with Crippen LogP contribution >= 0.6 is 23.2 Å². The Morgan fingerprint density at radius 3 is 3.00 bits per heavy atom. The number of rotatable bonds is 2. The second-order valence-electron chi connectivity index (χ2n) is 3.62. The molecule has 15 heavy (non-hydrogen) atoms. The molecule has 1 aliphatic rings. The topological polar surface area (TPSA) is 28.2 Å². The summed E-state index contributed by atoms with van der Waals surface area (Å²) < 4.78 is 0. The minimum absolute atomic E-state index is 0.359. The van der Waals surface area contributed by atoms with Crippen molar-refractivity contribution in [3.8, 4) is 0 Å². The summed E-state index contributed by atoms with van der Waals surface area (Å²) in [7, 11) is 1.93. The van der Waals surface area contributed by atoms with Crippen LogP contribution in [0.1, 0.15) is 24.4 Å². The molecular weight excluding hydrogens is 233 g/mol. The molecule has 1 aliphatic heterocycles. The van der Waals surface area contributed by atoms with Gasteiger partial charge < -0.3 is 0 Å². The summed E-state index contributed by atoms with van der Waals surface area (Å²) in [5.74, 6) is 0. The molecule has 2 heterocycles. The van der Waals surface area contributed by atoms with E-state index in [0.29, 0.717) is 16.2 Å². The van der Waals surface area contributed by atoms with Crippen LogP contribution in [-0.4, -0.2) is 23.6 Å². The van der Waals surface area contributed by atoms with E-state index in [0.717, 1.165) is 18.5 Å². The lowest BCUT2D eigenvalue weighted by molar-refractivity contribution is 0.190. The molecule has 0 amide bonds. The molecule has 0 saturated carbocycles. The van der Waals surface area contributed by atoms with Gasteiger partial charge >= 0.3 is 0 Å². The highest BCUT2D eigenvalue weighted by atomic mass is 35.5. The largest absolute Gasteiger partial charge is 0.258 e. The van der Waals surface area contributed by atoms with Crippen LogP contribution in [0, 0.1) is 0 Å². The Hall–Kier alpha value is -0.350. The van der Waals surface area contributed by atoms with Gasteiger partial charge in [-0.2, -0.15) is 0 Å². The average molecular weight is 246 g/mol. The van der Waals surface area contributed by atoms with Crippen molar-refractivity contribution in [1.29, 1.82) is 0 Å². The van der Waals surface area contributed by atoms with Gasteiger partial charge in [0.2, 0.25) is 0 Å². The van der Waals surface area contributed by atoms with E-state index in [1.165, 1.54) is 6.42 Å². The first kappa shape index (κ1) is 11.1. The van der Waals surface area contributed by atoms with Gasteiger partial charge in [0.1, 0.15) is 5.15 Å². The summed E-state index contributed by atoms with van der Waals surface area (Å²) in [4.78, 5) is 4.07. The Morgan fingerprint density at radius 2 is 2.33 bits per heavy atom. The quantitative estimate of drug-likeness (QED) is 0.813. The third-order valence-electron chi connectivity index (χ3n) is 2.74. The van der Waals surface area contributed by atoms with Crippen LogP contribution in [0.5, 0.6) is 0 Å². The highest BCUT2D eigenvalue weighted by molar-refractivity contribution is 6.41. The van der Waals surface area contributed by atoms with E-state index in [-0.39, 0.29) is 0 Å². The Kier molecular flexibility index (Phi) is 3.46. The van der Waals surface area contributed by atoms with Crippen LogP contribution in [-0.2, 0) is 0 Å². The van der Waals surface area contributed by atoms with Crippen molar-refractivity contribution in [2.45, 2.75) is 18.9 Å². The summed E-state index contributed by atoms with van der Waals surface area (Å²) in [6, 6.07) is 2.26. The van der Waals surface area contributed by atoms with E-state index in [2.05, 4.69) is 15.4 Å². The molecule has 1 saturated heterocycles. The number of halogens is 2. The first-order chi connectivity index (χ1) is 7.22. The first-order valence-electron chi connectivity index (χ1n) is 4.97. The maximum absolute atomic E-state index is 5.95. The van der Waals surface area contributed by atoms with E-state index in [1.807, 2.05) is 13.1 Å². The number of hydrazine groups is 1. The fraction of sp³-hybridized carbons (Fsp3) is 0.500. The number of aromatic nitrogens is 1. The summed E-state index contributed by atoms with van der Waals surface area (Å²) in [6.07, 6.45) is 4.11. The molecule has 3 nitrogen and oxygen atoms in total. The molecular formula is C10H13Cl2N3. The smallest absolute Gasteiger partial charge is 0.147 e. The number of hydrogen-bond donors (Lipinski definition) is 1. The fourth-order valence-corrected chi connectivity index (χ4v) is 2.28. The van der Waals surface area contributed by atoms with Crippen LogP contribution < -0.4 is 5.43 Å². The molecule has 1 N–H and O–H groups in total. The van der Waals surface area contributed by atoms with E-state index in [1.54, 1.807) is 6.20 Å². The summed E-state index contributed by atoms with van der Waals surface area (Å²) in [6.45, 7) is 1.06. The molecule has 0 unspecified atom stereocenters. The van der Waals surface area contributed by atoms with E-state index >= 15 is 0 Å². The zero-order chi connectivity index (χ0) is 10.8. The molecule has 82 valence electrons. The van der Waals surface area contributed by atoms with Crippen molar-refractivity contribution in [3.05, 3.63) is 28.0 Å². The lowest BCUT2D eigenvalue weighted by atomic mass is 10.1. The van der Waals surface area contributed by atoms with Gasteiger partial charge in [-0.15, -0.1) is 0 Å². The minimum atomic E-state index is 0.359. The predicted molar refractivity (Wildman–Crippen MR) is 62.0 cm³/mol. The molecule has 0 bridgehead atoms. The standard InChI is InChI=1S/C10H13Cl2N3/c1-13-15-4-2-3-9(15)7-5-8(11)10(12)14-6-7/h5-6,9,13H,2-4H2,1H3/t9-/m0/s1. The van der Waals surface area contributed by atoms with Crippen molar-refractivity contribution in [3.63, 3.8) is 0 Å². The normalized spacial score (nSPS) is 22.2.